The van der Waals surface area contributed by atoms with Crippen LogP contribution in [0, 0.1) is 11.3 Å². The Morgan fingerprint density at radius 1 is 0.316 bits per heavy atom. The standard InChI is InChI=1S/C55H29NS/c56-30-31-21-25-47-43(27-31)44-28-34(22-26-48(44)57-47)35-23-24-42-51-38(35)17-9-20-41(51)55-50(33-13-5-2-6-14-33)53-40-19-10-18-39-36-15-7-8-16-37(36)45(52(39)40)29-46(53)49(54(42)55)32-11-3-1-4-12-32/h1-29H. The Labute approximate surface area is 331 Å². The Morgan fingerprint density at radius 3 is 1.63 bits per heavy atom. The Hall–Kier alpha value is -7.31. The number of nitriles is 1. The third-order valence-corrected chi connectivity index (χ3v) is 13.7. The van der Waals surface area contributed by atoms with E-state index in [1.165, 1.54) is 124 Å². The third-order valence-electron chi connectivity index (χ3n) is 12.6. The van der Waals surface area contributed by atoms with Gasteiger partial charge in [-0.3, -0.25) is 0 Å². The molecule has 0 spiro atoms. The lowest BCUT2D eigenvalue weighted by Gasteiger charge is -2.19. The first-order chi connectivity index (χ1) is 28.2. The summed E-state index contributed by atoms with van der Waals surface area (Å²) in [5.41, 5.74) is 8.14. The van der Waals surface area contributed by atoms with E-state index in [-0.39, 0.29) is 0 Å². The number of hydrogen-bond donors (Lipinski definition) is 0. The molecule has 1 heterocycles. The number of fused-ring (bicyclic) bond motifs is 11. The molecule has 13 aromatic rings. The van der Waals surface area contributed by atoms with Gasteiger partial charge in [0.05, 0.1) is 11.6 Å². The van der Waals surface area contributed by atoms with Crippen LogP contribution in [0.25, 0.3) is 129 Å². The highest BCUT2D eigenvalue weighted by Crippen LogP contribution is 2.55. The summed E-state index contributed by atoms with van der Waals surface area (Å²) in [4.78, 5) is 0. The smallest absolute Gasteiger partial charge is 0.0991 e. The van der Waals surface area contributed by atoms with E-state index in [1.54, 1.807) is 11.3 Å². The van der Waals surface area contributed by atoms with Gasteiger partial charge in [-0.1, -0.05) is 140 Å². The topological polar surface area (TPSA) is 23.8 Å². The van der Waals surface area contributed by atoms with E-state index < -0.39 is 0 Å². The minimum Gasteiger partial charge on any atom is -0.192 e. The zero-order chi connectivity index (χ0) is 37.4. The van der Waals surface area contributed by atoms with Gasteiger partial charge < -0.3 is 0 Å². The van der Waals surface area contributed by atoms with Gasteiger partial charge in [0.25, 0.3) is 0 Å². The fourth-order valence-electron chi connectivity index (χ4n) is 10.3. The van der Waals surface area contributed by atoms with Gasteiger partial charge in [-0.25, -0.2) is 0 Å². The number of thiophene rings is 1. The molecular weight excluding hydrogens is 707 g/mol. The minimum absolute atomic E-state index is 0.692. The van der Waals surface area contributed by atoms with Crippen molar-refractivity contribution in [3.8, 4) is 39.4 Å². The van der Waals surface area contributed by atoms with Crippen LogP contribution in [-0.4, -0.2) is 0 Å². The summed E-state index contributed by atoms with van der Waals surface area (Å²) in [5, 5.41) is 30.3. The lowest BCUT2D eigenvalue weighted by Crippen LogP contribution is -1.91. The van der Waals surface area contributed by atoms with E-state index in [0.29, 0.717) is 5.56 Å². The normalized spacial score (nSPS) is 12.2. The summed E-state index contributed by atoms with van der Waals surface area (Å²) in [6.07, 6.45) is 0. The van der Waals surface area contributed by atoms with Gasteiger partial charge >= 0.3 is 0 Å². The second-order valence-corrected chi connectivity index (χ2v) is 16.5. The first-order valence-electron chi connectivity index (χ1n) is 19.5. The van der Waals surface area contributed by atoms with Crippen LogP contribution in [0.5, 0.6) is 0 Å². The predicted molar refractivity (Wildman–Crippen MR) is 245 cm³/mol. The number of hydrogen-bond acceptors (Lipinski definition) is 2. The largest absolute Gasteiger partial charge is 0.192 e. The van der Waals surface area contributed by atoms with Crippen LogP contribution >= 0.6 is 11.3 Å². The van der Waals surface area contributed by atoms with Crippen LogP contribution in [0.4, 0.5) is 0 Å². The third kappa shape index (κ3) is 4.11. The van der Waals surface area contributed by atoms with Crippen molar-refractivity contribution in [1.29, 1.82) is 5.26 Å². The highest BCUT2D eigenvalue weighted by Gasteiger charge is 2.27. The Bertz CT molecular complexity index is 3850. The summed E-state index contributed by atoms with van der Waals surface area (Å²) in [6.45, 7) is 0. The van der Waals surface area contributed by atoms with Gasteiger partial charge in [-0.2, -0.15) is 5.26 Å². The number of nitrogens with zero attached hydrogens (tertiary/aromatic N) is 1. The van der Waals surface area contributed by atoms with Crippen molar-refractivity contribution in [2.45, 2.75) is 0 Å². The summed E-state index contributed by atoms with van der Waals surface area (Å²) in [7, 11) is 0. The monoisotopic (exact) mass is 735 g/mol. The van der Waals surface area contributed by atoms with Crippen molar-refractivity contribution >= 4 is 107 Å². The van der Waals surface area contributed by atoms with E-state index in [4.69, 9.17) is 0 Å². The average Bonchev–Trinajstić information content (AvgIpc) is 3.92. The van der Waals surface area contributed by atoms with Crippen LogP contribution in [0.15, 0.2) is 176 Å². The molecule has 0 aliphatic rings. The molecule has 1 nitrogen and oxygen atoms in total. The minimum atomic E-state index is 0.692. The summed E-state index contributed by atoms with van der Waals surface area (Å²) in [6, 6.07) is 67.4. The van der Waals surface area contributed by atoms with Crippen LogP contribution < -0.4 is 0 Å². The SMILES string of the molecule is N#Cc1ccc2sc3ccc(-c4ccc5c6c(-c7ccccc7)c7cc8c9ccccc9c9cccc(c7c(-c7ccccc7)c6c6cccc4c56)c98)cc3c2c1. The van der Waals surface area contributed by atoms with Crippen molar-refractivity contribution < 1.29 is 0 Å². The van der Waals surface area contributed by atoms with Crippen LogP contribution in [0.2, 0.25) is 0 Å². The maximum Gasteiger partial charge on any atom is 0.0991 e. The predicted octanol–water partition coefficient (Wildman–Crippen LogP) is 15.9. The van der Waals surface area contributed by atoms with E-state index in [9.17, 15) is 5.26 Å². The van der Waals surface area contributed by atoms with E-state index in [1.807, 2.05) is 12.1 Å². The molecule has 0 aliphatic carbocycles. The van der Waals surface area contributed by atoms with Crippen molar-refractivity contribution in [3.05, 3.63) is 181 Å². The molecule has 0 radical (unpaired) electrons. The van der Waals surface area contributed by atoms with Crippen LogP contribution in [-0.2, 0) is 0 Å². The first-order valence-corrected chi connectivity index (χ1v) is 20.3. The van der Waals surface area contributed by atoms with Gasteiger partial charge in [0.15, 0.2) is 0 Å². The Morgan fingerprint density at radius 2 is 0.877 bits per heavy atom. The van der Waals surface area contributed by atoms with Crippen molar-refractivity contribution in [3.63, 3.8) is 0 Å². The maximum atomic E-state index is 9.71. The summed E-state index contributed by atoms with van der Waals surface area (Å²) < 4.78 is 2.44. The van der Waals surface area contributed by atoms with Crippen LogP contribution in [0.3, 0.4) is 0 Å². The molecule has 2 heteroatoms. The molecule has 12 aromatic carbocycles. The molecular formula is C55H29NS. The van der Waals surface area contributed by atoms with E-state index in [2.05, 4.69) is 170 Å². The van der Waals surface area contributed by atoms with Gasteiger partial charge in [0.1, 0.15) is 0 Å². The van der Waals surface area contributed by atoms with Gasteiger partial charge in [-0.15, -0.1) is 11.3 Å². The van der Waals surface area contributed by atoms with Crippen molar-refractivity contribution in [1.82, 2.24) is 0 Å². The zero-order valence-corrected chi connectivity index (χ0v) is 31.4. The molecule has 1 aromatic heterocycles. The Kier molecular flexibility index (Phi) is 6.17. The van der Waals surface area contributed by atoms with E-state index >= 15 is 0 Å². The fraction of sp³-hybridized carbons (Fsp3) is 0. The molecule has 13 rings (SSSR count). The number of rotatable bonds is 3. The van der Waals surface area contributed by atoms with Gasteiger partial charge in [0, 0.05) is 20.2 Å². The lowest BCUT2D eigenvalue weighted by atomic mass is 9.84. The van der Waals surface area contributed by atoms with Crippen molar-refractivity contribution in [2.24, 2.45) is 0 Å². The summed E-state index contributed by atoms with van der Waals surface area (Å²) >= 11 is 1.79. The molecule has 57 heavy (non-hydrogen) atoms. The molecule has 0 amide bonds. The maximum absolute atomic E-state index is 9.71. The van der Waals surface area contributed by atoms with Gasteiger partial charge in [-0.05, 0) is 145 Å². The molecule has 0 atom stereocenters. The molecule has 0 bridgehead atoms. The summed E-state index contributed by atoms with van der Waals surface area (Å²) in [5.74, 6) is 0. The molecule has 260 valence electrons. The average molecular weight is 736 g/mol. The number of benzene rings is 10. The van der Waals surface area contributed by atoms with Gasteiger partial charge in [0.2, 0.25) is 0 Å². The zero-order valence-electron chi connectivity index (χ0n) is 30.6. The molecule has 0 unspecified atom stereocenters. The highest BCUT2D eigenvalue weighted by atomic mass is 32.1. The Balaban J connectivity index is 1.24. The second-order valence-electron chi connectivity index (χ2n) is 15.4. The highest BCUT2D eigenvalue weighted by molar-refractivity contribution is 7.25. The lowest BCUT2D eigenvalue weighted by molar-refractivity contribution is 1.50. The van der Waals surface area contributed by atoms with Crippen molar-refractivity contribution in [2.75, 3.05) is 0 Å². The van der Waals surface area contributed by atoms with E-state index in [0.717, 1.165) is 5.39 Å². The quantitative estimate of drug-likeness (QED) is 0.166. The van der Waals surface area contributed by atoms with Crippen LogP contribution in [0.1, 0.15) is 5.56 Å². The molecule has 0 saturated carbocycles. The molecule has 0 aliphatic heterocycles. The molecule has 0 fully saturated rings. The second kappa shape index (κ2) is 11.4. The molecule has 0 N–H and O–H groups in total. The fourth-order valence-corrected chi connectivity index (χ4v) is 11.3. The first kappa shape index (κ1) is 31.0. The molecule has 0 saturated heterocycles.